The summed E-state index contributed by atoms with van der Waals surface area (Å²) < 4.78 is 8.33. The van der Waals surface area contributed by atoms with Crippen LogP contribution in [-0.2, 0) is 11.3 Å². The van der Waals surface area contributed by atoms with Gasteiger partial charge in [-0.1, -0.05) is 56.3 Å². The summed E-state index contributed by atoms with van der Waals surface area (Å²) in [6.07, 6.45) is 2.48. The van der Waals surface area contributed by atoms with Crippen LogP contribution in [0.25, 0.3) is 11.0 Å². The largest absolute Gasteiger partial charge is 0.494 e. The number of ether oxygens (including phenoxy) is 1. The van der Waals surface area contributed by atoms with Crippen molar-refractivity contribution in [1.29, 1.82) is 0 Å². The number of carbonyl (C=O) groups is 1. The Bertz CT molecular complexity index is 1280. The molecule has 5 heteroatoms. The van der Waals surface area contributed by atoms with Crippen molar-refractivity contribution < 1.29 is 9.53 Å². The quantitative estimate of drug-likeness (QED) is 0.263. The third-order valence-corrected chi connectivity index (χ3v) is 7.10. The number of aryl methyl sites for hydroxylation is 1. The fourth-order valence-electron chi connectivity index (χ4n) is 4.92. The maximum Gasteiger partial charge on any atom is 0.227 e. The lowest BCUT2D eigenvalue weighted by molar-refractivity contribution is -0.117. The topological polar surface area (TPSA) is 47.4 Å². The van der Waals surface area contributed by atoms with Gasteiger partial charge in [0, 0.05) is 31.1 Å². The number of imidazole rings is 1. The summed E-state index contributed by atoms with van der Waals surface area (Å²) in [7, 11) is 0. The molecule has 4 aromatic rings. The Hall–Kier alpha value is -3.60. The van der Waals surface area contributed by atoms with Crippen molar-refractivity contribution in [1.82, 2.24) is 9.55 Å². The number of aromatic nitrogens is 2. The zero-order valence-corrected chi connectivity index (χ0v) is 20.6. The Labute approximate surface area is 207 Å². The highest BCUT2D eigenvalue weighted by Crippen LogP contribution is 2.33. The van der Waals surface area contributed by atoms with Crippen LogP contribution in [0, 0.1) is 0 Å². The van der Waals surface area contributed by atoms with Gasteiger partial charge in [0.05, 0.1) is 17.6 Å². The second kappa shape index (κ2) is 10.3. The van der Waals surface area contributed by atoms with E-state index in [-0.39, 0.29) is 11.8 Å². The van der Waals surface area contributed by atoms with Crippen molar-refractivity contribution in [3.8, 4) is 5.75 Å². The van der Waals surface area contributed by atoms with Crippen molar-refractivity contribution in [3.05, 3.63) is 90.3 Å². The average molecular weight is 468 g/mol. The highest BCUT2D eigenvalue weighted by Gasteiger charge is 2.34. The first-order chi connectivity index (χ1) is 17.1. The van der Waals surface area contributed by atoms with Gasteiger partial charge in [-0.3, -0.25) is 4.79 Å². The van der Waals surface area contributed by atoms with Crippen molar-refractivity contribution >= 4 is 22.6 Å². The molecule has 0 aliphatic carbocycles. The average Bonchev–Trinajstić information content (AvgIpc) is 3.47. The second-order valence-corrected chi connectivity index (χ2v) is 9.43. The summed E-state index contributed by atoms with van der Waals surface area (Å²) in [4.78, 5) is 19.7. The summed E-state index contributed by atoms with van der Waals surface area (Å²) in [5.41, 5.74) is 4.40. The summed E-state index contributed by atoms with van der Waals surface area (Å²) >= 11 is 0. The lowest BCUT2D eigenvalue weighted by atomic mass is 9.99. The molecule has 5 nitrogen and oxygen atoms in total. The number of carbonyl (C=O) groups excluding carboxylic acids is 1. The van der Waals surface area contributed by atoms with Crippen molar-refractivity contribution in [3.63, 3.8) is 0 Å². The predicted molar refractivity (Wildman–Crippen MR) is 141 cm³/mol. The van der Waals surface area contributed by atoms with E-state index in [1.54, 1.807) is 0 Å². The van der Waals surface area contributed by atoms with Crippen molar-refractivity contribution in [2.24, 2.45) is 0 Å². The number of fused-ring (bicyclic) bond motifs is 1. The molecule has 2 unspecified atom stereocenters. The van der Waals surface area contributed by atoms with Crippen LogP contribution in [0.2, 0.25) is 0 Å². The molecule has 0 radical (unpaired) electrons. The van der Waals surface area contributed by atoms with Crippen LogP contribution in [-0.4, -0.2) is 28.6 Å². The molecule has 0 saturated carbocycles. The molecule has 1 aliphatic heterocycles. The molecule has 1 saturated heterocycles. The summed E-state index contributed by atoms with van der Waals surface area (Å²) in [6, 6.07) is 26.6. The fraction of sp³-hybridized carbons (Fsp3) is 0.333. The van der Waals surface area contributed by atoms with Gasteiger partial charge in [0.25, 0.3) is 0 Å². The Morgan fingerprint density at radius 2 is 1.74 bits per heavy atom. The molecule has 0 N–H and O–H groups in total. The Balaban J connectivity index is 1.28. The van der Waals surface area contributed by atoms with Gasteiger partial charge in [-0.2, -0.15) is 0 Å². The number of rotatable bonds is 9. The lowest BCUT2D eigenvalue weighted by Gasteiger charge is -2.17. The summed E-state index contributed by atoms with van der Waals surface area (Å²) in [5.74, 6) is 2.70. The molecule has 5 rings (SSSR count). The normalized spacial score (nSPS) is 16.7. The lowest BCUT2D eigenvalue weighted by Crippen LogP contribution is -2.24. The SMILES string of the molecule is CCC(C)c1ccc(OCCCn2c(C3CC(=O)N(c4ccccc4)C3)nc3ccccc32)cc1. The summed E-state index contributed by atoms with van der Waals surface area (Å²) in [6.45, 7) is 6.56. The Morgan fingerprint density at radius 3 is 2.51 bits per heavy atom. The summed E-state index contributed by atoms with van der Waals surface area (Å²) in [5, 5.41) is 0. The maximum absolute atomic E-state index is 12.9. The van der Waals surface area contributed by atoms with Crippen molar-refractivity contribution in [2.75, 3.05) is 18.1 Å². The molecule has 3 aromatic carbocycles. The molecule has 2 atom stereocenters. The number of nitrogens with zero attached hydrogens (tertiary/aromatic N) is 3. The van der Waals surface area contributed by atoms with Crippen LogP contribution < -0.4 is 9.64 Å². The van der Waals surface area contributed by atoms with Crippen LogP contribution >= 0.6 is 0 Å². The van der Waals surface area contributed by atoms with E-state index in [0.717, 1.165) is 47.7 Å². The van der Waals surface area contributed by atoms with E-state index in [1.165, 1.54) is 5.56 Å². The van der Waals surface area contributed by atoms with E-state index in [1.807, 2.05) is 41.3 Å². The maximum atomic E-state index is 12.9. The van der Waals surface area contributed by atoms with Gasteiger partial charge >= 0.3 is 0 Å². The molecular formula is C30H33N3O2. The second-order valence-electron chi connectivity index (χ2n) is 9.43. The highest BCUT2D eigenvalue weighted by atomic mass is 16.5. The molecule has 2 heterocycles. The van der Waals surface area contributed by atoms with Gasteiger partial charge in [0.1, 0.15) is 11.6 Å². The minimum Gasteiger partial charge on any atom is -0.494 e. The molecule has 1 aromatic heterocycles. The number of para-hydroxylation sites is 3. The van der Waals surface area contributed by atoms with Crippen LogP contribution in [0.1, 0.15) is 56.3 Å². The monoisotopic (exact) mass is 467 g/mol. The number of amides is 1. The molecule has 35 heavy (non-hydrogen) atoms. The van der Waals surface area contributed by atoms with E-state index in [2.05, 4.69) is 60.9 Å². The van der Waals surface area contributed by atoms with Crippen LogP contribution in [0.4, 0.5) is 5.69 Å². The molecule has 0 spiro atoms. The minimum atomic E-state index is 0.0733. The fourth-order valence-corrected chi connectivity index (χ4v) is 4.92. The standard InChI is InChI=1S/C30H33N3O2/c1-3-22(2)23-14-16-26(17-15-23)35-19-9-18-32-28-13-8-7-12-27(28)31-30(32)24-20-29(34)33(21-24)25-10-5-4-6-11-25/h4-8,10-17,22,24H,3,9,18-21H2,1-2H3. The van der Waals surface area contributed by atoms with E-state index in [9.17, 15) is 4.79 Å². The number of hydrogen-bond acceptors (Lipinski definition) is 3. The number of benzene rings is 3. The number of hydrogen-bond donors (Lipinski definition) is 0. The van der Waals surface area contributed by atoms with Crippen LogP contribution in [0.15, 0.2) is 78.9 Å². The van der Waals surface area contributed by atoms with Gasteiger partial charge in [0.2, 0.25) is 5.91 Å². The molecule has 1 aliphatic rings. The van der Waals surface area contributed by atoms with Gasteiger partial charge in [0.15, 0.2) is 0 Å². The van der Waals surface area contributed by atoms with Gasteiger partial charge in [-0.15, -0.1) is 0 Å². The van der Waals surface area contributed by atoms with Crippen LogP contribution in [0.5, 0.6) is 5.75 Å². The minimum absolute atomic E-state index is 0.0733. The third kappa shape index (κ3) is 4.95. The smallest absolute Gasteiger partial charge is 0.227 e. The van der Waals surface area contributed by atoms with Gasteiger partial charge in [-0.25, -0.2) is 4.98 Å². The predicted octanol–water partition coefficient (Wildman–Crippen LogP) is 6.54. The zero-order valence-electron chi connectivity index (χ0n) is 20.6. The van der Waals surface area contributed by atoms with Gasteiger partial charge in [-0.05, 0) is 60.7 Å². The Morgan fingerprint density at radius 1 is 1.00 bits per heavy atom. The van der Waals surface area contributed by atoms with E-state index in [0.29, 0.717) is 25.5 Å². The molecule has 1 fully saturated rings. The first-order valence-corrected chi connectivity index (χ1v) is 12.7. The third-order valence-electron chi connectivity index (χ3n) is 7.10. The van der Waals surface area contributed by atoms with Crippen LogP contribution in [0.3, 0.4) is 0 Å². The van der Waals surface area contributed by atoms with Crippen molar-refractivity contribution in [2.45, 2.75) is 51.5 Å². The molecule has 1 amide bonds. The first kappa shape index (κ1) is 23.2. The molecule has 180 valence electrons. The highest BCUT2D eigenvalue weighted by molar-refractivity contribution is 5.96. The zero-order chi connectivity index (χ0) is 24.2. The number of anilines is 1. The molecule has 0 bridgehead atoms. The van der Waals surface area contributed by atoms with Gasteiger partial charge < -0.3 is 14.2 Å². The Kier molecular flexibility index (Phi) is 6.84. The van der Waals surface area contributed by atoms with E-state index < -0.39 is 0 Å². The van der Waals surface area contributed by atoms with E-state index >= 15 is 0 Å². The first-order valence-electron chi connectivity index (χ1n) is 12.7. The molecular weight excluding hydrogens is 434 g/mol. The van der Waals surface area contributed by atoms with E-state index in [4.69, 9.17) is 9.72 Å².